The molecule has 226 valence electrons. The first-order chi connectivity index (χ1) is 20.0. The van der Waals surface area contributed by atoms with Crippen LogP contribution in [0.3, 0.4) is 0 Å². The van der Waals surface area contributed by atoms with Crippen LogP contribution < -0.4 is 4.31 Å². The standard InChI is InChI=1S/C32H40N2O7S/c1-5-26(35)28-25-19-24(22-11-12-22)30(33-31(25)41-29(28)23-9-7-21(2)8-10-23)34(42(4,37)38)16-6-13-32(20-27(36)39-3)14-17-40-18-15-32/h7-10,19,22H,5-6,11-18,20H2,1-4H3. The van der Waals surface area contributed by atoms with Crippen LogP contribution in [-0.2, 0) is 24.3 Å². The average molecular weight is 597 g/mol. The van der Waals surface area contributed by atoms with E-state index < -0.39 is 10.0 Å². The molecule has 0 bridgehead atoms. The van der Waals surface area contributed by atoms with Crippen molar-refractivity contribution in [1.82, 2.24) is 4.98 Å². The fourth-order valence-corrected chi connectivity index (χ4v) is 6.93. The number of aromatic nitrogens is 1. The molecule has 42 heavy (non-hydrogen) atoms. The Morgan fingerprint density at radius 3 is 2.43 bits per heavy atom. The minimum absolute atomic E-state index is 0.0482. The Labute approximate surface area is 247 Å². The summed E-state index contributed by atoms with van der Waals surface area (Å²) in [6.45, 7) is 5.16. The van der Waals surface area contributed by atoms with Crippen LogP contribution in [0.25, 0.3) is 22.4 Å². The lowest BCUT2D eigenvalue weighted by molar-refractivity contribution is -0.145. The van der Waals surface area contributed by atoms with Gasteiger partial charge in [-0.15, -0.1) is 0 Å². The number of carbonyl (C=O) groups is 2. The van der Waals surface area contributed by atoms with Crippen molar-refractivity contribution in [2.75, 3.05) is 37.4 Å². The molecule has 0 radical (unpaired) electrons. The van der Waals surface area contributed by atoms with Crippen LogP contribution >= 0.6 is 0 Å². The Morgan fingerprint density at radius 2 is 1.83 bits per heavy atom. The number of furan rings is 1. The maximum Gasteiger partial charge on any atom is 0.306 e. The topological polar surface area (TPSA) is 116 Å². The van der Waals surface area contributed by atoms with Gasteiger partial charge in [-0.1, -0.05) is 36.8 Å². The predicted octanol–water partition coefficient (Wildman–Crippen LogP) is 6.18. The first-order valence-corrected chi connectivity index (χ1v) is 16.6. The summed E-state index contributed by atoms with van der Waals surface area (Å²) >= 11 is 0. The second-order valence-electron chi connectivity index (χ2n) is 11.8. The molecule has 0 N–H and O–H groups in total. The summed E-state index contributed by atoms with van der Waals surface area (Å²) < 4.78 is 44.6. The Kier molecular flexibility index (Phi) is 8.76. The summed E-state index contributed by atoms with van der Waals surface area (Å²) in [6, 6.07) is 9.70. The Bertz CT molecular complexity index is 1570. The quantitative estimate of drug-likeness (QED) is 0.180. The van der Waals surface area contributed by atoms with E-state index in [2.05, 4.69) is 0 Å². The summed E-state index contributed by atoms with van der Waals surface area (Å²) in [5.41, 5.74) is 3.15. The van der Waals surface area contributed by atoms with Crippen LogP contribution in [0.1, 0.15) is 85.7 Å². The van der Waals surface area contributed by atoms with Gasteiger partial charge in [-0.25, -0.2) is 8.42 Å². The fraction of sp³-hybridized carbons (Fsp3) is 0.531. The van der Waals surface area contributed by atoms with E-state index in [4.69, 9.17) is 18.9 Å². The van der Waals surface area contributed by atoms with Gasteiger partial charge in [0.05, 0.1) is 30.7 Å². The number of ketones is 1. The van der Waals surface area contributed by atoms with Gasteiger partial charge >= 0.3 is 5.97 Å². The number of benzene rings is 1. The Hall–Kier alpha value is -3.24. The van der Waals surface area contributed by atoms with Crippen LogP contribution in [0.5, 0.6) is 0 Å². The summed E-state index contributed by atoms with van der Waals surface area (Å²) in [5.74, 6) is 0.678. The summed E-state index contributed by atoms with van der Waals surface area (Å²) in [7, 11) is -2.31. The van der Waals surface area contributed by atoms with E-state index in [1.807, 2.05) is 44.2 Å². The van der Waals surface area contributed by atoms with E-state index in [0.29, 0.717) is 55.0 Å². The zero-order valence-corrected chi connectivity index (χ0v) is 25.7. The molecule has 1 saturated heterocycles. The molecule has 2 aromatic heterocycles. The van der Waals surface area contributed by atoms with Gasteiger partial charge in [0.25, 0.3) is 0 Å². The molecule has 9 nitrogen and oxygen atoms in total. The molecule has 1 aliphatic carbocycles. The van der Waals surface area contributed by atoms with Crippen molar-refractivity contribution < 1.29 is 31.9 Å². The highest BCUT2D eigenvalue weighted by atomic mass is 32.2. The van der Waals surface area contributed by atoms with Crippen molar-refractivity contribution in [2.45, 2.75) is 71.1 Å². The number of ether oxygens (including phenoxy) is 2. The highest BCUT2D eigenvalue weighted by Gasteiger charge is 2.37. The maximum absolute atomic E-state index is 13.2. The van der Waals surface area contributed by atoms with E-state index in [1.54, 1.807) is 0 Å². The minimum Gasteiger partial charge on any atom is -0.469 e. The summed E-state index contributed by atoms with van der Waals surface area (Å²) in [4.78, 5) is 30.2. The minimum atomic E-state index is -3.70. The number of rotatable bonds is 12. The number of pyridine rings is 1. The molecular formula is C32H40N2O7S. The summed E-state index contributed by atoms with van der Waals surface area (Å²) in [6.07, 6.45) is 6.29. The molecule has 0 atom stereocenters. The fourth-order valence-electron chi connectivity index (χ4n) is 6.01. The average Bonchev–Trinajstić information content (AvgIpc) is 3.75. The van der Waals surface area contributed by atoms with Gasteiger partial charge in [0.2, 0.25) is 15.7 Å². The van der Waals surface area contributed by atoms with Crippen LogP contribution in [0.15, 0.2) is 34.7 Å². The van der Waals surface area contributed by atoms with Crippen LogP contribution in [0, 0.1) is 12.3 Å². The zero-order valence-electron chi connectivity index (χ0n) is 24.9. The van der Waals surface area contributed by atoms with Crippen molar-refractivity contribution in [2.24, 2.45) is 5.41 Å². The number of carbonyl (C=O) groups excluding carboxylic acids is 2. The van der Waals surface area contributed by atoms with Crippen LogP contribution in [0.4, 0.5) is 5.82 Å². The third-order valence-electron chi connectivity index (χ3n) is 8.63. The Morgan fingerprint density at radius 1 is 1.14 bits per heavy atom. The highest BCUT2D eigenvalue weighted by Crippen LogP contribution is 2.47. The molecule has 3 heterocycles. The van der Waals surface area contributed by atoms with Crippen molar-refractivity contribution in [3.05, 3.63) is 47.0 Å². The first kappa shape index (κ1) is 30.2. The van der Waals surface area contributed by atoms with Crippen molar-refractivity contribution >= 4 is 38.7 Å². The lowest BCUT2D eigenvalue weighted by Gasteiger charge is -2.37. The number of methoxy groups -OCH3 is 1. The number of aryl methyl sites for hydroxylation is 1. The number of hydrogen-bond donors (Lipinski definition) is 0. The van der Waals surface area contributed by atoms with Gasteiger partial charge in [0.1, 0.15) is 11.6 Å². The molecule has 0 spiro atoms. The van der Waals surface area contributed by atoms with Gasteiger partial charge in [-0.3, -0.25) is 13.9 Å². The zero-order chi connectivity index (χ0) is 30.1. The second-order valence-corrected chi connectivity index (χ2v) is 13.7. The van der Waals surface area contributed by atoms with Crippen molar-refractivity contribution in [3.8, 4) is 11.3 Å². The van der Waals surface area contributed by atoms with E-state index >= 15 is 0 Å². The molecule has 1 aliphatic heterocycles. The third-order valence-corrected chi connectivity index (χ3v) is 9.78. The van der Waals surface area contributed by atoms with Gasteiger partial charge in [-0.05, 0) is 68.4 Å². The lowest BCUT2D eigenvalue weighted by atomic mass is 9.74. The monoisotopic (exact) mass is 596 g/mol. The number of nitrogens with zero attached hydrogens (tertiary/aromatic N) is 2. The largest absolute Gasteiger partial charge is 0.469 e. The number of Topliss-reactive ketones (excluding diaryl/α,β-unsaturated/α-hetero) is 1. The predicted molar refractivity (Wildman–Crippen MR) is 161 cm³/mol. The first-order valence-electron chi connectivity index (χ1n) is 14.7. The number of sulfonamides is 1. The van der Waals surface area contributed by atoms with Crippen LogP contribution in [0.2, 0.25) is 0 Å². The van der Waals surface area contributed by atoms with Gasteiger partial charge < -0.3 is 13.9 Å². The number of hydrogen-bond acceptors (Lipinski definition) is 8. The molecule has 1 aromatic carbocycles. The van der Waals surface area contributed by atoms with Gasteiger partial charge in [-0.2, -0.15) is 4.98 Å². The molecule has 2 fully saturated rings. The lowest BCUT2D eigenvalue weighted by Crippen LogP contribution is -2.36. The van der Waals surface area contributed by atoms with Gasteiger partial charge in [0.15, 0.2) is 5.78 Å². The van der Waals surface area contributed by atoms with E-state index in [9.17, 15) is 18.0 Å². The molecule has 2 aliphatic rings. The molecule has 5 rings (SSSR count). The van der Waals surface area contributed by atoms with Crippen molar-refractivity contribution in [3.63, 3.8) is 0 Å². The molecule has 10 heteroatoms. The SMILES string of the molecule is CCC(=O)c1c(-c2ccc(C)cc2)oc2nc(N(CCCC3(CC(=O)OC)CCOCC3)S(C)(=O)=O)c(C3CC3)cc12. The van der Waals surface area contributed by atoms with E-state index in [0.717, 1.165) is 42.4 Å². The maximum atomic E-state index is 13.2. The van der Waals surface area contributed by atoms with E-state index in [1.165, 1.54) is 17.7 Å². The number of fused-ring (bicyclic) bond motifs is 1. The normalized spacial score (nSPS) is 16.9. The summed E-state index contributed by atoms with van der Waals surface area (Å²) in [5, 5.41) is 0.621. The molecule has 1 saturated carbocycles. The Balaban J connectivity index is 1.54. The smallest absolute Gasteiger partial charge is 0.306 e. The number of anilines is 1. The molecule has 0 unspecified atom stereocenters. The second kappa shape index (κ2) is 12.2. The third kappa shape index (κ3) is 6.39. The van der Waals surface area contributed by atoms with Crippen molar-refractivity contribution in [1.29, 1.82) is 0 Å². The molecular weight excluding hydrogens is 556 g/mol. The van der Waals surface area contributed by atoms with Gasteiger partial charge in [0, 0.05) is 31.7 Å². The molecule has 0 amide bonds. The molecule has 3 aromatic rings. The van der Waals surface area contributed by atoms with E-state index in [-0.39, 0.29) is 41.8 Å². The number of esters is 1. The van der Waals surface area contributed by atoms with Crippen LogP contribution in [-0.4, -0.2) is 58.3 Å². The highest BCUT2D eigenvalue weighted by molar-refractivity contribution is 7.92.